The summed E-state index contributed by atoms with van der Waals surface area (Å²) in [6, 6.07) is 11.3. The first kappa shape index (κ1) is 23.6. The molecule has 2 aliphatic rings. The molecule has 3 heterocycles. The first-order valence-electron chi connectivity index (χ1n) is 11.2. The Morgan fingerprint density at radius 1 is 1.03 bits per heavy atom. The molecule has 180 valence electrons. The van der Waals surface area contributed by atoms with Crippen LogP contribution in [0.25, 0.3) is 5.57 Å². The third-order valence-corrected chi connectivity index (χ3v) is 6.02. The standard InChI is InChI=1S/C23H25F3N6O2/c24-23(25,26)21(18(15-27)22-29-28-19-9-5-2-6-10-32(19)22)34-16-20(33)31-13-11-30(12-14-31)17-7-3-1-4-8-17/h1,3-4,7-8H,2,5-6,9-14,16H2/b21-18+. The molecule has 0 radical (unpaired) electrons. The van der Waals surface area contributed by atoms with Crippen molar-refractivity contribution < 1.29 is 22.7 Å². The molecule has 1 fully saturated rings. The van der Waals surface area contributed by atoms with Crippen LogP contribution in [0.15, 0.2) is 36.1 Å². The van der Waals surface area contributed by atoms with Crippen molar-refractivity contribution in [3.05, 3.63) is 47.7 Å². The van der Waals surface area contributed by atoms with Crippen molar-refractivity contribution in [2.24, 2.45) is 0 Å². The van der Waals surface area contributed by atoms with E-state index in [1.54, 1.807) is 10.6 Å². The first-order chi connectivity index (χ1) is 16.4. The summed E-state index contributed by atoms with van der Waals surface area (Å²) >= 11 is 0. The number of nitriles is 1. The summed E-state index contributed by atoms with van der Waals surface area (Å²) in [5, 5.41) is 17.4. The van der Waals surface area contributed by atoms with E-state index in [2.05, 4.69) is 15.1 Å². The Labute approximate surface area is 195 Å². The summed E-state index contributed by atoms with van der Waals surface area (Å²) in [5.74, 6) is -1.69. The monoisotopic (exact) mass is 474 g/mol. The number of ether oxygens (including phenoxy) is 1. The van der Waals surface area contributed by atoms with Crippen molar-refractivity contribution in [2.75, 3.05) is 37.7 Å². The number of para-hydroxylation sites is 1. The second-order valence-corrected chi connectivity index (χ2v) is 8.21. The van der Waals surface area contributed by atoms with Crippen molar-refractivity contribution in [1.29, 1.82) is 5.26 Å². The molecule has 1 aromatic heterocycles. The number of amides is 1. The number of carbonyl (C=O) groups excluding carboxylic acids is 1. The molecule has 0 atom stereocenters. The fourth-order valence-corrected chi connectivity index (χ4v) is 4.25. The number of allylic oxidation sites excluding steroid dienone is 2. The lowest BCUT2D eigenvalue weighted by molar-refractivity contribution is -0.146. The molecule has 34 heavy (non-hydrogen) atoms. The second-order valence-electron chi connectivity index (χ2n) is 8.21. The molecule has 8 nitrogen and oxygen atoms in total. The first-order valence-corrected chi connectivity index (χ1v) is 11.2. The number of hydrogen-bond donors (Lipinski definition) is 0. The highest BCUT2D eigenvalue weighted by atomic mass is 19.4. The highest BCUT2D eigenvalue weighted by Crippen LogP contribution is 2.33. The van der Waals surface area contributed by atoms with Gasteiger partial charge in [0.1, 0.15) is 17.5 Å². The lowest BCUT2D eigenvalue weighted by atomic mass is 10.2. The number of rotatable bonds is 5. The molecule has 0 aliphatic carbocycles. The van der Waals surface area contributed by atoms with Gasteiger partial charge in [0.15, 0.2) is 12.4 Å². The molecule has 0 N–H and O–H groups in total. The van der Waals surface area contributed by atoms with Crippen LogP contribution in [0.5, 0.6) is 0 Å². The zero-order valence-corrected chi connectivity index (χ0v) is 18.6. The summed E-state index contributed by atoms with van der Waals surface area (Å²) in [5.41, 5.74) is 0.272. The van der Waals surface area contributed by atoms with Crippen molar-refractivity contribution in [2.45, 2.75) is 38.4 Å². The number of alkyl halides is 3. The smallest absolute Gasteiger partial charge is 0.450 e. The van der Waals surface area contributed by atoms with Gasteiger partial charge >= 0.3 is 6.18 Å². The van der Waals surface area contributed by atoms with Crippen molar-refractivity contribution >= 4 is 17.2 Å². The van der Waals surface area contributed by atoms with Crippen LogP contribution in [0.3, 0.4) is 0 Å². The van der Waals surface area contributed by atoms with Crippen molar-refractivity contribution in [3.8, 4) is 6.07 Å². The molecule has 0 saturated carbocycles. The molecule has 1 saturated heterocycles. The van der Waals surface area contributed by atoms with Crippen molar-refractivity contribution in [3.63, 3.8) is 0 Å². The van der Waals surface area contributed by atoms with Crippen LogP contribution in [0.4, 0.5) is 18.9 Å². The lowest BCUT2D eigenvalue weighted by Crippen LogP contribution is -2.49. The number of aromatic nitrogens is 3. The van der Waals surface area contributed by atoms with Crippen LogP contribution in [0, 0.1) is 11.3 Å². The topological polar surface area (TPSA) is 87.3 Å². The normalized spacial score (nSPS) is 17.4. The third-order valence-electron chi connectivity index (χ3n) is 6.02. The molecular formula is C23H25F3N6O2. The predicted molar refractivity (Wildman–Crippen MR) is 117 cm³/mol. The summed E-state index contributed by atoms with van der Waals surface area (Å²) in [6.07, 6.45) is -1.84. The Kier molecular flexibility index (Phi) is 7.05. The minimum atomic E-state index is -4.96. The predicted octanol–water partition coefficient (Wildman–Crippen LogP) is 3.17. The minimum Gasteiger partial charge on any atom is -0.478 e. The molecule has 0 unspecified atom stereocenters. The van der Waals surface area contributed by atoms with E-state index < -0.39 is 30.0 Å². The van der Waals surface area contributed by atoms with Gasteiger partial charge in [-0.05, 0) is 25.0 Å². The number of carbonyl (C=O) groups is 1. The van der Waals surface area contributed by atoms with Crippen LogP contribution >= 0.6 is 0 Å². The van der Waals surface area contributed by atoms with Gasteiger partial charge in [-0.1, -0.05) is 24.6 Å². The maximum atomic E-state index is 13.9. The van der Waals surface area contributed by atoms with Gasteiger partial charge in [0.2, 0.25) is 5.76 Å². The van der Waals surface area contributed by atoms with Crippen LogP contribution in [0.1, 0.15) is 30.9 Å². The number of benzene rings is 1. The van der Waals surface area contributed by atoms with E-state index in [9.17, 15) is 23.2 Å². The van der Waals surface area contributed by atoms with Gasteiger partial charge in [-0.15, -0.1) is 10.2 Å². The zero-order valence-electron chi connectivity index (χ0n) is 18.6. The Balaban J connectivity index is 1.47. The molecule has 0 bridgehead atoms. The van der Waals surface area contributed by atoms with Crippen LogP contribution in [-0.4, -0.2) is 64.5 Å². The fraction of sp³-hybridized carbons (Fsp3) is 0.478. The largest absolute Gasteiger partial charge is 0.478 e. The van der Waals surface area contributed by atoms with Gasteiger partial charge in [0.05, 0.1) is 0 Å². The van der Waals surface area contributed by atoms with Crippen LogP contribution < -0.4 is 4.90 Å². The maximum absolute atomic E-state index is 13.9. The number of halogens is 3. The van der Waals surface area contributed by atoms with Gasteiger partial charge in [0, 0.05) is 44.8 Å². The number of piperazine rings is 1. The Morgan fingerprint density at radius 3 is 2.44 bits per heavy atom. The minimum absolute atomic E-state index is 0.171. The van der Waals surface area contributed by atoms with E-state index in [1.807, 2.05) is 30.3 Å². The average molecular weight is 474 g/mol. The number of fused-ring (bicyclic) bond motifs is 1. The van der Waals surface area contributed by atoms with Gasteiger partial charge in [-0.3, -0.25) is 4.79 Å². The summed E-state index contributed by atoms with van der Waals surface area (Å²) in [4.78, 5) is 16.2. The van der Waals surface area contributed by atoms with E-state index in [0.717, 1.165) is 24.9 Å². The van der Waals surface area contributed by atoms with Gasteiger partial charge in [-0.25, -0.2) is 0 Å². The van der Waals surface area contributed by atoms with Gasteiger partial charge in [0.25, 0.3) is 5.91 Å². The Hall–Kier alpha value is -3.55. The van der Waals surface area contributed by atoms with Crippen LogP contribution in [-0.2, 0) is 22.5 Å². The second kappa shape index (κ2) is 10.2. The zero-order chi connectivity index (χ0) is 24.1. The lowest BCUT2D eigenvalue weighted by Gasteiger charge is -2.36. The van der Waals surface area contributed by atoms with Gasteiger partial charge < -0.3 is 19.1 Å². The average Bonchev–Trinajstić information content (AvgIpc) is 3.08. The van der Waals surface area contributed by atoms with E-state index in [1.165, 1.54) is 4.90 Å². The molecular weight excluding hydrogens is 449 g/mol. The number of nitrogens with zero attached hydrogens (tertiary/aromatic N) is 6. The van der Waals surface area contributed by atoms with Crippen molar-refractivity contribution in [1.82, 2.24) is 19.7 Å². The van der Waals surface area contributed by atoms with Gasteiger partial charge in [-0.2, -0.15) is 18.4 Å². The Bertz CT molecular complexity index is 1080. The summed E-state index contributed by atoms with van der Waals surface area (Å²) in [7, 11) is 0. The highest BCUT2D eigenvalue weighted by molar-refractivity contribution is 5.79. The summed E-state index contributed by atoms with van der Waals surface area (Å²) in [6.45, 7) is 1.47. The molecule has 1 aromatic carbocycles. The quantitative estimate of drug-likeness (QED) is 0.489. The number of anilines is 1. The van der Waals surface area contributed by atoms with Crippen LogP contribution in [0.2, 0.25) is 0 Å². The molecule has 2 aliphatic heterocycles. The maximum Gasteiger partial charge on any atom is 0.450 e. The number of aryl methyl sites for hydroxylation is 1. The Morgan fingerprint density at radius 2 is 1.76 bits per heavy atom. The number of hydrogen-bond acceptors (Lipinski definition) is 6. The third kappa shape index (κ3) is 5.16. The summed E-state index contributed by atoms with van der Waals surface area (Å²) < 4.78 is 48.1. The van der Waals surface area contributed by atoms with E-state index in [4.69, 9.17) is 4.74 Å². The molecule has 0 spiro atoms. The molecule has 4 rings (SSSR count). The van der Waals surface area contributed by atoms with E-state index in [0.29, 0.717) is 45.0 Å². The molecule has 1 amide bonds. The van der Waals surface area contributed by atoms with E-state index in [-0.39, 0.29) is 5.82 Å². The fourth-order valence-electron chi connectivity index (χ4n) is 4.25. The highest BCUT2D eigenvalue weighted by Gasteiger charge is 2.41. The SMILES string of the molecule is N#C/C(=C(\OCC(=O)N1CCN(c2ccccc2)CC1)C(F)(F)F)c1nnc2n1CCCCC2. The molecule has 2 aromatic rings. The van der Waals surface area contributed by atoms with E-state index >= 15 is 0 Å². The molecule has 11 heteroatoms.